The second-order valence-corrected chi connectivity index (χ2v) is 11.0. The molecule has 1 aliphatic rings. The van der Waals surface area contributed by atoms with Crippen molar-refractivity contribution >= 4 is 49.4 Å². The number of aromatic nitrogens is 1. The number of hydrogen-bond acceptors (Lipinski definition) is 6. The summed E-state index contributed by atoms with van der Waals surface area (Å²) in [7, 11) is -2.63. The third-order valence-electron chi connectivity index (χ3n) is 5.87. The number of benzene rings is 2. The van der Waals surface area contributed by atoms with Crippen LogP contribution in [-0.2, 0) is 21.4 Å². The fraction of sp³-hybridized carbons (Fsp3) is 0.348. The van der Waals surface area contributed by atoms with Crippen LogP contribution in [0.3, 0.4) is 0 Å². The molecule has 13 heteroatoms. The van der Waals surface area contributed by atoms with Gasteiger partial charge in [0.05, 0.1) is 15.7 Å². The van der Waals surface area contributed by atoms with Crippen molar-refractivity contribution in [2.75, 3.05) is 25.0 Å². The van der Waals surface area contributed by atoms with Crippen molar-refractivity contribution in [3.05, 3.63) is 59.1 Å². The molecule has 0 saturated carbocycles. The van der Waals surface area contributed by atoms with E-state index in [0.29, 0.717) is 30.1 Å². The van der Waals surface area contributed by atoms with Crippen molar-refractivity contribution in [2.45, 2.75) is 31.7 Å². The number of anilines is 1. The normalized spacial score (nSPS) is 15.4. The van der Waals surface area contributed by atoms with Crippen molar-refractivity contribution in [1.29, 1.82) is 0 Å². The summed E-state index contributed by atoms with van der Waals surface area (Å²) in [5.41, 5.74) is 2.95. The second kappa shape index (κ2) is 10.8. The maximum atomic E-state index is 13.8. The Morgan fingerprint density at radius 1 is 1.11 bits per heavy atom. The van der Waals surface area contributed by atoms with Crippen LogP contribution >= 0.6 is 11.3 Å². The molecule has 2 N–H and O–H groups in total. The molecule has 9 nitrogen and oxygen atoms in total. The van der Waals surface area contributed by atoms with Crippen molar-refractivity contribution in [1.82, 2.24) is 19.3 Å². The first-order valence-electron chi connectivity index (χ1n) is 11.3. The van der Waals surface area contributed by atoms with Crippen LogP contribution in [0.25, 0.3) is 10.2 Å². The number of hydrogen-bond donors (Lipinski definition) is 2. The zero-order chi connectivity index (χ0) is 25.9. The van der Waals surface area contributed by atoms with E-state index in [1.54, 1.807) is 23.7 Å². The second-order valence-electron chi connectivity index (χ2n) is 8.48. The van der Waals surface area contributed by atoms with Gasteiger partial charge in [-0.15, -0.1) is 11.3 Å². The Kier molecular flexibility index (Phi) is 7.81. The van der Waals surface area contributed by atoms with E-state index in [9.17, 15) is 26.8 Å². The van der Waals surface area contributed by atoms with Gasteiger partial charge in [-0.2, -0.15) is 12.7 Å². The minimum absolute atomic E-state index is 0.119. The summed E-state index contributed by atoms with van der Waals surface area (Å²) < 4.78 is 56.8. The average Bonchev–Trinajstić information content (AvgIpc) is 3.30. The maximum Gasteiger partial charge on any atom is 0.330 e. The average molecular weight is 538 g/mol. The van der Waals surface area contributed by atoms with Gasteiger partial charge in [-0.1, -0.05) is 6.42 Å². The number of likely N-dealkylation sites (N-methyl/N-ethyl adjacent to an activating group) is 1. The smallest absolute Gasteiger partial charge is 0.325 e. The predicted molar refractivity (Wildman–Crippen MR) is 133 cm³/mol. The summed E-state index contributed by atoms with van der Waals surface area (Å²) in [5.74, 6) is -2.29. The first-order valence-corrected chi connectivity index (χ1v) is 13.6. The molecule has 0 radical (unpaired) electrons. The highest BCUT2D eigenvalue weighted by molar-refractivity contribution is 7.87. The number of urea groups is 1. The van der Waals surface area contributed by atoms with Crippen LogP contribution in [0.4, 0.5) is 19.3 Å². The van der Waals surface area contributed by atoms with Gasteiger partial charge in [-0.3, -0.25) is 4.79 Å². The van der Waals surface area contributed by atoms with Gasteiger partial charge >= 0.3 is 16.2 Å². The van der Waals surface area contributed by atoms with Gasteiger partial charge in [-0.25, -0.2) is 23.3 Å². The van der Waals surface area contributed by atoms with Crippen molar-refractivity contribution < 1.29 is 26.8 Å². The number of rotatable bonds is 7. The molecule has 36 heavy (non-hydrogen) atoms. The summed E-state index contributed by atoms with van der Waals surface area (Å²) >= 11 is 1.44. The number of amides is 3. The summed E-state index contributed by atoms with van der Waals surface area (Å²) in [5, 5.41) is 2.38. The third-order valence-corrected chi connectivity index (χ3v) is 8.17. The number of halogens is 2. The largest absolute Gasteiger partial charge is 0.330 e. The zero-order valence-corrected chi connectivity index (χ0v) is 21.0. The molecule has 0 bridgehead atoms. The molecule has 3 amide bonds. The van der Waals surface area contributed by atoms with Gasteiger partial charge < -0.3 is 10.2 Å². The van der Waals surface area contributed by atoms with E-state index in [0.717, 1.165) is 23.3 Å². The number of nitrogens with one attached hydrogen (secondary N) is 2. The summed E-state index contributed by atoms with van der Waals surface area (Å²) in [6, 6.07) is 5.57. The lowest BCUT2D eigenvalue weighted by Crippen LogP contribution is -2.55. The Morgan fingerprint density at radius 2 is 1.81 bits per heavy atom. The molecule has 0 unspecified atom stereocenters. The molecule has 1 aliphatic heterocycles. The monoisotopic (exact) mass is 537 g/mol. The van der Waals surface area contributed by atoms with Crippen molar-refractivity contribution in [3.8, 4) is 0 Å². The molecule has 2 heterocycles. The van der Waals surface area contributed by atoms with E-state index in [1.807, 2.05) is 4.72 Å². The Balaban J connectivity index is 1.56. The Hall–Kier alpha value is -3.16. The first-order chi connectivity index (χ1) is 17.1. The molecule has 2 aromatic carbocycles. The molecular weight excluding hydrogens is 512 g/mol. The zero-order valence-electron chi connectivity index (χ0n) is 19.4. The van der Waals surface area contributed by atoms with Gasteiger partial charge in [-0.05, 0) is 48.7 Å². The van der Waals surface area contributed by atoms with Crippen LogP contribution in [0.1, 0.15) is 24.8 Å². The number of nitrogens with zero attached hydrogens (tertiary/aromatic N) is 3. The van der Waals surface area contributed by atoms with E-state index >= 15 is 0 Å². The summed E-state index contributed by atoms with van der Waals surface area (Å²) in [6.45, 7) is 0.574. The van der Waals surface area contributed by atoms with Gasteiger partial charge in [0.15, 0.2) is 0 Å². The highest BCUT2D eigenvalue weighted by atomic mass is 32.2. The number of carbonyl (C=O) groups excluding carboxylic acids is 2. The molecule has 1 fully saturated rings. The molecule has 0 spiro atoms. The summed E-state index contributed by atoms with van der Waals surface area (Å²) in [6.07, 6.45) is 2.00. The Bertz CT molecular complexity index is 1360. The van der Waals surface area contributed by atoms with E-state index < -0.39 is 39.8 Å². The highest BCUT2D eigenvalue weighted by Gasteiger charge is 2.30. The van der Waals surface area contributed by atoms with Crippen LogP contribution in [0.2, 0.25) is 0 Å². The predicted octanol–water partition coefficient (Wildman–Crippen LogP) is 3.18. The molecule has 192 valence electrons. The SMILES string of the molecule is CN(C(=O)[C@H](Cc1cc(F)cc(F)c1)NC(=O)NS(=O)(=O)N1CCCCC1)c1ccc2scnc2c1. The minimum Gasteiger partial charge on any atom is -0.325 e. The van der Waals surface area contributed by atoms with Crippen molar-refractivity contribution in [3.63, 3.8) is 0 Å². The fourth-order valence-electron chi connectivity index (χ4n) is 4.06. The van der Waals surface area contributed by atoms with E-state index in [-0.39, 0.29) is 25.1 Å². The van der Waals surface area contributed by atoms with Crippen LogP contribution in [0, 0.1) is 11.6 Å². The molecule has 3 aromatic rings. The van der Waals surface area contributed by atoms with Crippen LogP contribution in [-0.4, -0.2) is 55.8 Å². The maximum absolute atomic E-state index is 13.8. The van der Waals surface area contributed by atoms with Crippen LogP contribution in [0.5, 0.6) is 0 Å². The molecule has 4 rings (SSSR count). The molecule has 1 aromatic heterocycles. The van der Waals surface area contributed by atoms with Gasteiger partial charge in [0.1, 0.15) is 17.7 Å². The summed E-state index contributed by atoms with van der Waals surface area (Å²) in [4.78, 5) is 31.6. The Labute approximate surface area is 211 Å². The van der Waals surface area contributed by atoms with E-state index in [2.05, 4.69) is 10.3 Å². The number of fused-ring (bicyclic) bond motifs is 1. The van der Waals surface area contributed by atoms with Crippen molar-refractivity contribution in [2.24, 2.45) is 0 Å². The number of thiazole rings is 1. The van der Waals surface area contributed by atoms with E-state index in [4.69, 9.17) is 0 Å². The quantitative estimate of drug-likeness (QED) is 0.481. The lowest BCUT2D eigenvalue weighted by molar-refractivity contribution is -0.120. The molecule has 1 saturated heterocycles. The van der Waals surface area contributed by atoms with Gasteiger partial charge in [0.2, 0.25) is 5.91 Å². The van der Waals surface area contributed by atoms with Crippen LogP contribution in [0.15, 0.2) is 41.9 Å². The van der Waals surface area contributed by atoms with Crippen LogP contribution < -0.4 is 14.9 Å². The number of piperidine rings is 1. The topological polar surface area (TPSA) is 112 Å². The highest BCUT2D eigenvalue weighted by Crippen LogP contribution is 2.24. The Morgan fingerprint density at radius 3 is 2.50 bits per heavy atom. The van der Waals surface area contributed by atoms with Gasteiger partial charge in [0, 0.05) is 38.3 Å². The number of carbonyl (C=O) groups is 2. The first kappa shape index (κ1) is 25.9. The standard InChI is InChI=1S/C23H25F2N5O4S2/c1-29(18-5-6-21-19(13-18)26-14-35-21)22(31)20(11-15-9-16(24)12-17(25)10-15)27-23(32)28-36(33,34)30-7-3-2-4-8-30/h5-6,9-10,12-14,20H,2-4,7-8,11H2,1H3,(H2,27,28,32)/t20-/m0/s1. The molecule has 1 atom stereocenters. The third kappa shape index (κ3) is 6.15. The molecule has 0 aliphatic carbocycles. The van der Waals surface area contributed by atoms with Gasteiger partial charge in [0.25, 0.3) is 0 Å². The molecular formula is C23H25F2N5O4S2. The lowest BCUT2D eigenvalue weighted by Gasteiger charge is -2.27. The lowest BCUT2D eigenvalue weighted by atomic mass is 10.0. The minimum atomic E-state index is -4.11. The fourth-order valence-corrected chi connectivity index (χ4v) is 5.88. The van der Waals surface area contributed by atoms with E-state index in [1.165, 1.54) is 27.6 Å².